The smallest absolute Gasteiger partial charge is 0.101 e. The number of hydrogen-bond acceptors (Lipinski definition) is 2. The number of halogens is 2. The third kappa shape index (κ3) is 3.65. The highest BCUT2D eigenvalue weighted by atomic mass is 79.9. The van der Waals surface area contributed by atoms with E-state index in [1.54, 1.807) is 0 Å². The number of nitriles is 2. The van der Waals surface area contributed by atoms with Crippen molar-refractivity contribution < 1.29 is 0 Å². The molecule has 0 aliphatic carbocycles. The van der Waals surface area contributed by atoms with E-state index in [0.29, 0.717) is 11.1 Å². The largest absolute Gasteiger partial charge is 0.192 e. The highest BCUT2D eigenvalue weighted by molar-refractivity contribution is 9.08. The Hall–Kier alpha value is -1.88. The van der Waals surface area contributed by atoms with Crippen LogP contribution in [0.3, 0.4) is 0 Å². The third-order valence-corrected chi connectivity index (χ3v) is 4.56. The Labute approximate surface area is 147 Å². The lowest BCUT2D eigenvalue weighted by atomic mass is 9.95. The van der Waals surface area contributed by atoms with Gasteiger partial charge in [-0.05, 0) is 22.3 Å². The molecule has 108 valence electrons. The lowest BCUT2D eigenvalue weighted by molar-refractivity contribution is 1.41. The highest BCUT2D eigenvalue weighted by Gasteiger charge is 2.11. The predicted octanol–water partition coefficient (Wildman–Crippen LogP) is 5.43. The summed E-state index contributed by atoms with van der Waals surface area (Å²) in [4.78, 5) is 0. The van der Waals surface area contributed by atoms with Crippen LogP contribution < -0.4 is 0 Å². The maximum Gasteiger partial charge on any atom is 0.101 e. The zero-order valence-electron chi connectivity index (χ0n) is 11.7. The summed E-state index contributed by atoms with van der Waals surface area (Å²) in [5.74, 6) is 0. The van der Waals surface area contributed by atoms with Crippen LogP contribution in [0.2, 0.25) is 0 Å². The van der Waals surface area contributed by atoms with Gasteiger partial charge in [-0.1, -0.05) is 80.4 Å². The van der Waals surface area contributed by atoms with E-state index in [1.807, 2.05) is 48.5 Å². The van der Waals surface area contributed by atoms with Crippen LogP contribution in [-0.4, -0.2) is 0 Å². The Morgan fingerprint density at radius 2 is 1.00 bits per heavy atom. The molecule has 2 aromatic carbocycles. The second-order valence-electron chi connectivity index (χ2n) is 4.63. The van der Waals surface area contributed by atoms with E-state index in [4.69, 9.17) is 0 Å². The topological polar surface area (TPSA) is 47.6 Å². The minimum absolute atomic E-state index is 0.398. The molecule has 0 saturated heterocycles. The van der Waals surface area contributed by atoms with Crippen molar-refractivity contribution in [2.45, 2.75) is 10.7 Å². The minimum atomic E-state index is 0.398. The molecule has 0 amide bonds. The summed E-state index contributed by atoms with van der Waals surface area (Å²) >= 11 is 6.79. The summed E-state index contributed by atoms with van der Waals surface area (Å²) in [6, 6.07) is 19.6. The Balaban J connectivity index is 2.52. The fourth-order valence-electron chi connectivity index (χ4n) is 2.05. The van der Waals surface area contributed by atoms with Crippen molar-refractivity contribution in [1.29, 1.82) is 10.5 Å². The van der Waals surface area contributed by atoms with Gasteiger partial charge in [0.1, 0.15) is 12.1 Å². The summed E-state index contributed by atoms with van der Waals surface area (Å²) in [6.45, 7) is 0. The van der Waals surface area contributed by atoms with Gasteiger partial charge in [0.2, 0.25) is 0 Å². The maximum atomic E-state index is 9.49. The van der Waals surface area contributed by atoms with Crippen molar-refractivity contribution in [3.63, 3.8) is 0 Å². The molecule has 0 N–H and O–H groups in total. The van der Waals surface area contributed by atoms with E-state index in [0.717, 1.165) is 32.9 Å². The minimum Gasteiger partial charge on any atom is -0.192 e. The molecule has 0 radical (unpaired) electrons. The average molecular weight is 416 g/mol. The molecule has 0 aliphatic rings. The van der Waals surface area contributed by atoms with Crippen LogP contribution in [0.4, 0.5) is 0 Å². The normalized spacial score (nSPS) is 11.3. The van der Waals surface area contributed by atoms with Gasteiger partial charge in [-0.25, -0.2) is 0 Å². The average Bonchev–Trinajstić information content (AvgIpc) is 2.60. The predicted molar refractivity (Wildman–Crippen MR) is 96.2 cm³/mol. The molecule has 0 aromatic heterocycles. The molecule has 4 heteroatoms. The van der Waals surface area contributed by atoms with Gasteiger partial charge < -0.3 is 0 Å². The number of nitrogens with zero attached hydrogens (tertiary/aromatic N) is 2. The van der Waals surface area contributed by atoms with Crippen molar-refractivity contribution in [2.75, 3.05) is 0 Å². The Morgan fingerprint density at radius 3 is 1.23 bits per heavy atom. The van der Waals surface area contributed by atoms with Crippen molar-refractivity contribution in [3.8, 4) is 12.1 Å². The maximum absolute atomic E-state index is 9.49. The van der Waals surface area contributed by atoms with Gasteiger partial charge >= 0.3 is 0 Å². The van der Waals surface area contributed by atoms with Crippen LogP contribution in [0.25, 0.3) is 11.1 Å². The molecule has 22 heavy (non-hydrogen) atoms. The van der Waals surface area contributed by atoms with E-state index < -0.39 is 0 Å². The van der Waals surface area contributed by atoms with E-state index in [-0.39, 0.29) is 0 Å². The Kier molecular flexibility index (Phi) is 5.95. The molecule has 2 aromatic rings. The van der Waals surface area contributed by atoms with Crippen molar-refractivity contribution >= 4 is 43.0 Å². The number of allylic oxidation sites excluding steroid dienone is 2. The standard InChI is InChI=1S/C18H12Br2N2/c19-9-13-1-5-15(6-2-13)17(11-21)18(12-22)16-7-3-14(10-20)4-8-16/h1-8H,9-10H2. The SMILES string of the molecule is N#CC(=C(C#N)c1ccc(CBr)cc1)c1ccc(CBr)cc1. The Bertz CT molecular complexity index is 693. The number of benzene rings is 2. The van der Waals surface area contributed by atoms with Crippen molar-refractivity contribution in [2.24, 2.45) is 0 Å². The van der Waals surface area contributed by atoms with Gasteiger partial charge in [-0.3, -0.25) is 0 Å². The number of alkyl halides is 2. The molecule has 0 heterocycles. The van der Waals surface area contributed by atoms with Gasteiger partial charge in [0.05, 0.1) is 11.1 Å². The first kappa shape index (κ1) is 16.5. The first-order valence-corrected chi connectivity index (χ1v) is 8.82. The summed E-state index contributed by atoms with van der Waals surface area (Å²) in [5.41, 5.74) is 4.56. The molecule has 2 rings (SSSR count). The highest BCUT2D eigenvalue weighted by Crippen LogP contribution is 2.26. The molecule has 0 fully saturated rings. The van der Waals surface area contributed by atoms with Crippen LogP contribution in [0.5, 0.6) is 0 Å². The van der Waals surface area contributed by atoms with E-state index in [9.17, 15) is 10.5 Å². The Morgan fingerprint density at radius 1 is 0.682 bits per heavy atom. The van der Waals surface area contributed by atoms with Gasteiger partial charge in [0.25, 0.3) is 0 Å². The number of rotatable bonds is 4. The fraction of sp³-hybridized carbons (Fsp3) is 0.111. The first-order valence-electron chi connectivity index (χ1n) is 6.58. The van der Waals surface area contributed by atoms with Gasteiger partial charge in [-0.15, -0.1) is 0 Å². The zero-order valence-corrected chi connectivity index (χ0v) is 14.9. The lowest BCUT2D eigenvalue weighted by Gasteiger charge is -2.06. The van der Waals surface area contributed by atoms with Crippen LogP contribution in [0, 0.1) is 22.7 Å². The van der Waals surface area contributed by atoms with E-state index >= 15 is 0 Å². The summed E-state index contributed by atoms with van der Waals surface area (Å²) < 4.78 is 0. The number of hydrogen-bond donors (Lipinski definition) is 0. The molecule has 0 aliphatic heterocycles. The zero-order chi connectivity index (χ0) is 15.9. The van der Waals surface area contributed by atoms with Gasteiger partial charge in [0, 0.05) is 10.7 Å². The molecule has 0 saturated carbocycles. The fourth-order valence-corrected chi connectivity index (χ4v) is 2.80. The quantitative estimate of drug-likeness (QED) is 0.379. The van der Waals surface area contributed by atoms with Gasteiger partial charge in [0.15, 0.2) is 0 Å². The van der Waals surface area contributed by atoms with Crippen LogP contribution in [0.1, 0.15) is 22.3 Å². The first-order chi connectivity index (χ1) is 10.7. The molecule has 0 atom stereocenters. The molecule has 2 nitrogen and oxygen atoms in total. The van der Waals surface area contributed by atoms with Crippen molar-refractivity contribution in [1.82, 2.24) is 0 Å². The van der Waals surface area contributed by atoms with Gasteiger partial charge in [-0.2, -0.15) is 10.5 Å². The molecule has 0 bridgehead atoms. The summed E-state index contributed by atoms with van der Waals surface area (Å²) in [7, 11) is 0. The second-order valence-corrected chi connectivity index (χ2v) is 5.76. The summed E-state index contributed by atoms with van der Waals surface area (Å²) in [5, 5.41) is 20.5. The van der Waals surface area contributed by atoms with Crippen LogP contribution in [-0.2, 0) is 10.7 Å². The third-order valence-electron chi connectivity index (χ3n) is 3.27. The molecular weight excluding hydrogens is 404 g/mol. The van der Waals surface area contributed by atoms with Crippen LogP contribution >= 0.6 is 31.9 Å². The van der Waals surface area contributed by atoms with Crippen LogP contribution in [0.15, 0.2) is 48.5 Å². The second kappa shape index (κ2) is 7.94. The monoisotopic (exact) mass is 414 g/mol. The van der Waals surface area contributed by atoms with E-state index in [1.165, 1.54) is 0 Å². The van der Waals surface area contributed by atoms with E-state index in [2.05, 4.69) is 44.0 Å². The molecule has 0 unspecified atom stereocenters. The molecule has 0 spiro atoms. The van der Waals surface area contributed by atoms with Crippen molar-refractivity contribution in [3.05, 3.63) is 70.8 Å². The molecular formula is C18H12Br2N2. The lowest BCUT2D eigenvalue weighted by Crippen LogP contribution is -1.91. The summed E-state index contributed by atoms with van der Waals surface area (Å²) in [6.07, 6.45) is 0.